The number of fused-ring (bicyclic) bond motifs is 1. The van der Waals surface area contributed by atoms with Crippen LogP contribution in [0.25, 0.3) is 11.1 Å². The molecule has 9 heteroatoms. The van der Waals surface area contributed by atoms with Crippen LogP contribution in [-0.4, -0.2) is 48.1 Å². The first-order valence-corrected chi connectivity index (χ1v) is 10.8. The molecule has 0 aliphatic carbocycles. The van der Waals surface area contributed by atoms with Gasteiger partial charge >= 0.3 is 6.01 Å². The van der Waals surface area contributed by atoms with Gasteiger partial charge in [-0.25, -0.2) is 4.99 Å². The van der Waals surface area contributed by atoms with Crippen LogP contribution >= 0.6 is 11.6 Å². The van der Waals surface area contributed by atoms with E-state index in [2.05, 4.69) is 15.6 Å². The number of carbonyl (C=O) groups excluding carboxylic acids is 1. The van der Waals surface area contributed by atoms with Gasteiger partial charge in [-0.1, -0.05) is 41.9 Å². The summed E-state index contributed by atoms with van der Waals surface area (Å²) in [5.41, 5.74) is 3.42. The third kappa shape index (κ3) is 3.94. The van der Waals surface area contributed by atoms with E-state index >= 15 is 0 Å². The van der Waals surface area contributed by atoms with E-state index in [0.717, 1.165) is 11.1 Å². The van der Waals surface area contributed by atoms with Gasteiger partial charge in [-0.05, 0) is 25.1 Å². The fourth-order valence-electron chi connectivity index (χ4n) is 3.90. The molecule has 1 aromatic heterocycles. The summed E-state index contributed by atoms with van der Waals surface area (Å²) in [4.78, 5) is 24.5. The first kappa shape index (κ1) is 20.5. The molecule has 2 aliphatic heterocycles. The standard InChI is InChI=1S/C23H22ClN5O3/c1-14-19(21(30)29-10-12-31-13-11-29)20(15-6-2-3-7-16(15)24)27-22(25-14)28-23-26-17-8-4-5-9-18(17)32-23/h2-9,20H,10-13H2,1H3,(H2,25,26,27,28). The number of hydrogen-bond donors (Lipinski definition) is 2. The first-order valence-electron chi connectivity index (χ1n) is 10.4. The van der Waals surface area contributed by atoms with Gasteiger partial charge in [-0.3, -0.25) is 10.1 Å². The first-order chi connectivity index (χ1) is 15.6. The fourth-order valence-corrected chi connectivity index (χ4v) is 4.14. The van der Waals surface area contributed by atoms with Crippen molar-refractivity contribution in [1.29, 1.82) is 0 Å². The molecule has 0 saturated carbocycles. The number of nitrogens with zero attached hydrogens (tertiary/aromatic N) is 3. The van der Waals surface area contributed by atoms with Gasteiger partial charge in [0.15, 0.2) is 5.58 Å². The van der Waals surface area contributed by atoms with Crippen LogP contribution in [0.4, 0.5) is 6.01 Å². The number of oxazole rings is 1. The van der Waals surface area contributed by atoms with Gasteiger partial charge in [0.25, 0.3) is 5.91 Å². The summed E-state index contributed by atoms with van der Waals surface area (Å²) >= 11 is 6.51. The Labute approximate surface area is 189 Å². The predicted molar refractivity (Wildman–Crippen MR) is 122 cm³/mol. The number of aromatic nitrogens is 1. The molecule has 8 nitrogen and oxygen atoms in total. The number of morpholine rings is 1. The van der Waals surface area contributed by atoms with Gasteiger partial charge in [-0.2, -0.15) is 4.98 Å². The molecule has 0 spiro atoms. The average molecular weight is 452 g/mol. The maximum atomic E-state index is 13.4. The van der Waals surface area contributed by atoms with Crippen LogP contribution in [0.3, 0.4) is 0 Å². The van der Waals surface area contributed by atoms with E-state index < -0.39 is 6.04 Å². The number of guanidine groups is 1. The Morgan fingerprint density at radius 1 is 1.16 bits per heavy atom. The van der Waals surface area contributed by atoms with Crippen molar-refractivity contribution in [2.24, 2.45) is 4.99 Å². The number of halogens is 1. The van der Waals surface area contributed by atoms with Crippen LogP contribution in [-0.2, 0) is 9.53 Å². The number of allylic oxidation sites excluding steroid dienone is 1. The van der Waals surface area contributed by atoms with Crippen molar-refractivity contribution < 1.29 is 13.9 Å². The monoisotopic (exact) mass is 451 g/mol. The van der Waals surface area contributed by atoms with E-state index in [0.29, 0.717) is 60.2 Å². The van der Waals surface area contributed by atoms with E-state index in [9.17, 15) is 4.79 Å². The quantitative estimate of drug-likeness (QED) is 0.630. The molecule has 0 bridgehead atoms. The summed E-state index contributed by atoms with van der Waals surface area (Å²) in [7, 11) is 0. The topological polar surface area (TPSA) is 92.0 Å². The number of benzene rings is 2. The minimum Gasteiger partial charge on any atom is -0.423 e. The van der Waals surface area contributed by atoms with Gasteiger partial charge < -0.3 is 19.4 Å². The van der Waals surface area contributed by atoms with Crippen LogP contribution in [0.15, 0.2) is 69.2 Å². The van der Waals surface area contributed by atoms with Gasteiger partial charge in [0.1, 0.15) is 11.6 Å². The highest BCUT2D eigenvalue weighted by Crippen LogP contribution is 2.36. The Hall–Kier alpha value is -3.36. The molecule has 164 valence electrons. The van der Waals surface area contributed by atoms with Crippen LogP contribution in [0.1, 0.15) is 18.5 Å². The van der Waals surface area contributed by atoms with Crippen molar-refractivity contribution >= 4 is 40.6 Å². The molecule has 1 fully saturated rings. The summed E-state index contributed by atoms with van der Waals surface area (Å²) in [6, 6.07) is 14.7. The number of anilines is 1. The minimum atomic E-state index is -0.577. The smallest absolute Gasteiger partial charge is 0.302 e. The normalized spacial score (nSPS) is 19.0. The largest absolute Gasteiger partial charge is 0.423 e. The van der Waals surface area contributed by atoms with E-state index in [1.165, 1.54) is 0 Å². The molecule has 2 aliphatic rings. The van der Waals surface area contributed by atoms with Crippen molar-refractivity contribution in [3.8, 4) is 0 Å². The van der Waals surface area contributed by atoms with E-state index in [-0.39, 0.29) is 5.91 Å². The zero-order valence-electron chi connectivity index (χ0n) is 17.5. The molecule has 1 saturated heterocycles. The summed E-state index contributed by atoms with van der Waals surface area (Å²) in [6.07, 6.45) is 0. The molecule has 1 amide bonds. The second kappa shape index (κ2) is 8.64. The SMILES string of the molecule is CC1=C(C(=O)N2CCOCC2)C(c2ccccc2Cl)N=C(Nc2nc3ccccc3o2)N1. The molecule has 2 N–H and O–H groups in total. The fraction of sp³-hybridized carbons (Fsp3) is 0.261. The summed E-state index contributed by atoms with van der Waals surface area (Å²) < 4.78 is 11.2. The number of para-hydroxylation sites is 2. The second-order valence-corrected chi connectivity index (χ2v) is 7.99. The maximum Gasteiger partial charge on any atom is 0.302 e. The highest BCUT2D eigenvalue weighted by atomic mass is 35.5. The Morgan fingerprint density at radius 3 is 2.69 bits per heavy atom. The van der Waals surface area contributed by atoms with Crippen molar-refractivity contribution in [2.75, 3.05) is 31.6 Å². The zero-order valence-corrected chi connectivity index (χ0v) is 18.2. The average Bonchev–Trinajstić information content (AvgIpc) is 3.21. The summed E-state index contributed by atoms with van der Waals surface area (Å²) in [5.74, 6) is 0.352. The van der Waals surface area contributed by atoms with Crippen molar-refractivity contribution in [3.05, 3.63) is 70.4 Å². The number of aliphatic imine (C=N–C) groups is 1. The lowest BCUT2D eigenvalue weighted by atomic mass is 9.95. The van der Waals surface area contributed by atoms with Crippen molar-refractivity contribution in [1.82, 2.24) is 15.2 Å². The molecular weight excluding hydrogens is 430 g/mol. The number of amides is 1. The molecule has 3 aromatic rings. The highest BCUT2D eigenvalue weighted by Gasteiger charge is 2.34. The number of nitrogens with one attached hydrogen (secondary N) is 2. The predicted octanol–water partition coefficient (Wildman–Crippen LogP) is 3.73. The zero-order chi connectivity index (χ0) is 22.1. The highest BCUT2D eigenvalue weighted by molar-refractivity contribution is 6.31. The summed E-state index contributed by atoms with van der Waals surface area (Å²) in [5, 5.41) is 6.84. The lowest BCUT2D eigenvalue weighted by Gasteiger charge is -2.32. The number of ether oxygens (including phenoxy) is 1. The Kier molecular flexibility index (Phi) is 5.55. The lowest BCUT2D eigenvalue weighted by molar-refractivity contribution is -0.131. The van der Waals surface area contributed by atoms with Crippen LogP contribution < -0.4 is 10.6 Å². The van der Waals surface area contributed by atoms with Crippen LogP contribution in [0.2, 0.25) is 5.02 Å². The van der Waals surface area contributed by atoms with E-state index in [1.54, 1.807) is 11.0 Å². The van der Waals surface area contributed by atoms with Crippen LogP contribution in [0, 0.1) is 0 Å². The van der Waals surface area contributed by atoms with Crippen molar-refractivity contribution in [2.45, 2.75) is 13.0 Å². The Bertz CT molecular complexity index is 1200. The molecule has 1 atom stereocenters. The molecule has 1 unspecified atom stereocenters. The van der Waals surface area contributed by atoms with Gasteiger partial charge in [0.2, 0.25) is 5.96 Å². The molecular formula is C23H22ClN5O3. The maximum absolute atomic E-state index is 13.4. The number of rotatable bonds is 3. The van der Waals surface area contributed by atoms with Gasteiger partial charge in [-0.15, -0.1) is 0 Å². The minimum absolute atomic E-state index is 0.0760. The molecule has 2 aromatic carbocycles. The summed E-state index contributed by atoms with van der Waals surface area (Å²) in [6.45, 7) is 4.00. The van der Waals surface area contributed by atoms with Crippen molar-refractivity contribution in [3.63, 3.8) is 0 Å². The van der Waals surface area contributed by atoms with E-state index in [4.69, 9.17) is 25.7 Å². The second-order valence-electron chi connectivity index (χ2n) is 7.58. The number of carbonyl (C=O) groups is 1. The molecule has 3 heterocycles. The van der Waals surface area contributed by atoms with Crippen LogP contribution in [0.5, 0.6) is 0 Å². The third-order valence-corrected chi connectivity index (χ3v) is 5.83. The third-order valence-electron chi connectivity index (χ3n) is 5.49. The Balaban J connectivity index is 1.50. The molecule has 32 heavy (non-hydrogen) atoms. The molecule has 5 rings (SSSR count). The Morgan fingerprint density at radius 2 is 1.91 bits per heavy atom. The van der Waals surface area contributed by atoms with E-state index in [1.807, 2.05) is 49.4 Å². The lowest BCUT2D eigenvalue weighted by Crippen LogP contribution is -2.45. The van der Waals surface area contributed by atoms with Gasteiger partial charge in [0.05, 0.1) is 18.8 Å². The number of hydrogen-bond acceptors (Lipinski definition) is 7. The molecule has 0 radical (unpaired) electrons. The van der Waals surface area contributed by atoms with Gasteiger partial charge in [0, 0.05) is 29.4 Å².